The molecular weight excluding hydrogens is 380 g/mol. The molecule has 1 amide bonds. The van der Waals surface area contributed by atoms with Crippen LogP contribution in [0.1, 0.15) is 42.9 Å². The molecule has 2 aromatic rings. The van der Waals surface area contributed by atoms with Crippen LogP contribution in [0.3, 0.4) is 0 Å². The van der Waals surface area contributed by atoms with Crippen LogP contribution in [0.2, 0.25) is 0 Å². The van der Waals surface area contributed by atoms with Gasteiger partial charge in [0.1, 0.15) is 18.0 Å². The van der Waals surface area contributed by atoms with Gasteiger partial charge in [-0.3, -0.25) is 4.79 Å². The van der Waals surface area contributed by atoms with Crippen molar-refractivity contribution in [2.75, 3.05) is 25.6 Å². The quantitative estimate of drug-likeness (QED) is 0.766. The smallest absolute Gasteiger partial charge is 0.223 e. The summed E-state index contributed by atoms with van der Waals surface area (Å²) < 4.78 is 12.2. The Labute approximate surface area is 177 Å². The van der Waals surface area contributed by atoms with Crippen LogP contribution in [-0.4, -0.2) is 50.0 Å². The minimum absolute atomic E-state index is 0.0485. The monoisotopic (exact) mass is 410 g/mol. The molecule has 30 heavy (non-hydrogen) atoms. The summed E-state index contributed by atoms with van der Waals surface area (Å²) in [5.74, 6) is 0.906. The first-order chi connectivity index (χ1) is 14.5. The fraction of sp³-hybridized carbons (Fsp3) is 0.458. The maximum absolute atomic E-state index is 12.7. The number of hydrogen-bond acceptors (Lipinski definition) is 5. The van der Waals surface area contributed by atoms with Crippen molar-refractivity contribution in [1.29, 1.82) is 0 Å². The molecule has 4 rings (SSSR count). The summed E-state index contributed by atoms with van der Waals surface area (Å²) in [6.45, 7) is 1.85. The molecule has 0 spiro atoms. The maximum atomic E-state index is 12.7. The van der Waals surface area contributed by atoms with E-state index >= 15 is 0 Å². The molecule has 1 fully saturated rings. The van der Waals surface area contributed by atoms with Crippen molar-refractivity contribution in [2.24, 2.45) is 0 Å². The average Bonchev–Trinajstić information content (AvgIpc) is 3.11. The highest BCUT2D eigenvalue weighted by Gasteiger charge is 2.46. The Morgan fingerprint density at radius 1 is 1.23 bits per heavy atom. The van der Waals surface area contributed by atoms with Gasteiger partial charge in [-0.2, -0.15) is 0 Å². The van der Waals surface area contributed by atoms with Crippen molar-refractivity contribution in [1.82, 2.24) is 5.32 Å². The lowest BCUT2D eigenvalue weighted by Crippen LogP contribution is -2.47. The topological polar surface area (TPSA) is 71.0 Å². The van der Waals surface area contributed by atoms with E-state index in [1.54, 1.807) is 0 Å². The number of benzene rings is 2. The third kappa shape index (κ3) is 4.16. The van der Waals surface area contributed by atoms with Crippen molar-refractivity contribution in [3.63, 3.8) is 0 Å². The molecule has 0 aliphatic carbocycles. The molecule has 2 aromatic carbocycles. The largest absolute Gasteiger partial charge is 0.487 e. The summed E-state index contributed by atoms with van der Waals surface area (Å²) in [4.78, 5) is 14.7. The second-order valence-electron chi connectivity index (χ2n) is 8.42. The molecule has 0 bridgehead atoms. The Kier molecular flexibility index (Phi) is 5.97. The van der Waals surface area contributed by atoms with Gasteiger partial charge in [-0.25, -0.2) is 0 Å². The molecular formula is C24H30N2O4. The SMILES string of the molecule is C[C@@H](NC(=O)C[C@H]1C[C@@H]2c3cc(N(C)C)ccc3O[C@@H]2[C@H](CO)O1)c1ccccc1. The van der Waals surface area contributed by atoms with Gasteiger partial charge in [-0.1, -0.05) is 30.3 Å². The van der Waals surface area contributed by atoms with Gasteiger partial charge in [-0.15, -0.1) is 0 Å². The highest BCUT2D eigenvalue weighted by molar-refractivity contribution is 5.77. The Balaban J connectivity index is 1.45. The van der Waals surface area contributed by atoms with Crippen LogP contribution in [0, 0.1) is 0 Å². The van der Waals surface area contributed by atoms with Gasteiger partial charge in [0.25, 0.3) is 0 Å². The Morgan fingerprint density at radius 3 is 2.70 bits per heavy atom. The highest BCUT2D eigenvalue weighted by Crippen LogP contribution is 2.47. The highest BCUT2D eigenvalue weighted by atomic mass is 16.6. The number of rotatable bonds is 6. The zero-order valence-electron chi connectivity index (χ0n) is 17.7. The Morgan fingerprint density at radius 2 is 2.00 bits per heavy atom. The van der Waals surface area contributed by atoms with Gasteiger partial charge in [0.05, 0.1) is 25.2 Å². The van der Waals surface area contributed by atoms with Crippen LogP contribution >= 0.6 is 0 Å². The van der Waals surface area contributed by atoms with Crippen LogP contribution in [0.4, 0.5) is 5.69 Å². The first kappa shape index (κ1) is 20.7. The van der Waals surface area contributed by atoms with Gasteiger partial charge in [0, 0.05) is 31.3 Å². The Bertz CT molecular complexity index is 886. The normalized spacial score (nSPS) is 25.6. The number of ether oxygens (including phenoxy) is 2. The second kappa shape index (κ2) is 8.66. The predicted molar refractivity (Wildman–Crippen MR) is 116 cm³/mol. The van der Waals surface area contributed by atoms with Crippen LogP contribution in [0.25, 0.3) is 0 Å². The van der Waals surface area contributed by atoms with E-state index in [1.807, 2.05) is 63.5 Å². The molecule has 2 heterocycles. The number of nitrogens with one attached hydrogen (secondary N) is 1. The summed E-state index contributed by atoms with van der Waals surface area (Å²) in [7, 11) is 4.02. The third-order valence-corrected chi connectivity index (χ3v) is 6.09. The molecule has 0 radical (unpaired) electrons. The van der Waals surface area contributed by atoms with E-state index in [-0.39, 0.29) is 43.1 Å². The van der Waals surface area contributed by atoms with Crippen LogP contribution < -0.4 is 15.0 Å². The fourth-order valence-corrected chi connectivity index (χ4v) is 4.49. The molecule has 6 nitrogen and oxygen atoms in total. The van der Waals surface area contributed by atoms with Gasteiger partial charge in [0.2, 0.25) is 5.91 Å². The van der Waals surface area contributed by atoms with Gasteiger partial charge >= 0.3 is 0 Å². The fourth-order valence-electron chi connectivity index (χ4n) is 4.49. The van der Waals surface area contributed by atoms with Crippen molar-refractivity contribution >= 4 is 11.6 Å². The van der Waals surface area contributed by atoms with Crippen LogP contribution in [0.15, 0.2) is 48.5 Å². The number of hydrogen-bond donors (Lipinski definition) is 2. The lowest BCUT2D eigenvalue weighted by atomic mass is 9.84. The van der Waals surface area contributed by atoms with E-state index in [0.29, 0.717) is 6.42 Å². The molecule has 0 aromatic heterocycles. The molecule has 160 valence electrons. The molecule has 2 aliphatic heterocycles. The molecule has 2 aliphatic rings. The Hall–Kier alpha value is -2.57. The molecule has 1 saturated heterocycles. The van der Waals surface area contributed by atoms with Gasteiger partial charge in [0.15, 0.2) is 0 Å². The molecule has 0 unspecified atom stereocenters. The summed E-state index contributed by atoms with van der Waals surface area (Å²) in [6.07, 6.45) is 0.0369. The average molecular weight is 411 g/mol. The number of amides is 1. The standard InChI is InChI=1S/C24H30N2O4/c1-15(16-7-5-4-6-8-16)25-23(28)13-18-12-20-19-11-17(26(2)3)9-10-21(19)30-24(20)22(14-27)29-18/h4-11,15,18,20,22,24,27H,12-14H2,1-3H3,(H,25,28)/t15-,18-,20-,22+,24+/m1/s1. The van der Waals surface area contributed by atoms with Crippen molar-refractivity contribution in [2.45, 2.75) is 50.0 Å². The zero-order chi connectivity index (χ0) is 21.3. The number of carbonyl (C=O) groups is 1. The molecule has 0 saturated carbocycles. The summed E-state index contributed by atoms with van der Waals surface area (Å²) in [6, 6.07) is 16.0. The summed E-state index contributed by atoms with van der Waals surface area (Å²) in [5.41, 5.74) is 3.31. The number of nitrogens with zero attached hydrogens (tertiary/aromatic N) is 1. The minimum Gasteiger partial charge on any atom is -0.487 e. The summed E-state index contributed by atoms with van der Waals surface area (Å²) >= 11 is 0. The lowest BCUT2D eigenvalue weighted by Gasteiger charge is -2.37. The number of aliphatic hydroxyl groups is 1. The van der Waals surface area contributed by atoms with E-state index in [0.717, 1.165) is 22.6 Å². The minimum atomic E-state index is -0.441. The van der Waals surface area contributed by atoms with Crippen LogP contribution in [0.5, 0.6) is 5.75 Å². The first-order valence-corrected chi connectivity index (χ1v) is 10.5. The van der Waals surface area contributed by atoms with E-state index in [1.165, 1.54) is 0 Å². The van der Waals surface area contributed by atoms with E-state index in [2.05, 4.69) is 16.3 Å². The zero-order valence-corrected chi connectivity index (χ0v) is 17.7. The van der Waals surface area contributed by atoms with E-state index in [4.69, 9.17) is 9.47 Å². The second-order valence-corrected chi connectivity index (χ2v) is 8.42. The number of carbonyl (C=O) groups excluding carboxylic acids is 1. The molecule has 6 heteroatoms. The number of anilines is 1. The molecule has 2 N–H and O–H groups in total. The number of aliphatic hydroxyl groups excluding tert-OH is 1. The van der Waals surface area contributed by atoms with Crippen molar-refractivity contribution in [3.05, 3.63) is 59.7 Å². The lowest BCUT2D eigenvalue weighted by molar-refractivity contribution is -0.142. The third-order valence-electron chi connectivity index (χ3n) is 6.09. The van der Waals surface area contributed by atoms with Crippen LogP contribution in [-0.2, 0) is 9.53 Å². The molecule has 5 atom stereocenters. The van der Waals surface area contributed by atoms with E-state index < -0.39 is 6.10 Å². The maximum Gasteiger partial charge on any atom is 0.223 e. The van der Waals surface area contributed by atoms with Crippen molar-refractivity contribution < 1.29 is 19.4 Å². The summed E-state index contributed by atoms with van der Waals surface area (Å²) in [5, 5.41) is 13.0. The predicted octanol–water partition coefficient (Wildman–Crippen LogP) is 3.01. The number of fused-ring (bicyclic) bond motifs is 3. The van der Waals surface area contributed by atoms with Gasteiger partial charge in [-0.05, 0) is 37.1 Å². The van der Waals surface area contributed by atoms with Crippen molar-refractivity contribution in [3.8, 4) is 5.75 Å². The first-order valence-electron chi connectivity index (χ1n) is 10.5. The van der Waals surface area contributed by atoms with E-state index in [9.17, 15) is 9.90 Å². The van der Waals surface area contributed by atoms with Gasteiger partial charge < -0.3 is 24.8 Å².